The molecular formula is C21H15F3N4OS. The van der Waals surface area contributed by atoms with Crippen molar-refractivity contribution >= 4 is 39.0 Å². The lowest BCUT2D eigenvalue weighted by atomic mass is 10.2. The summed E-state index contributed by atoms with van der Waals surface area (Å²) >= 11 is 1.50. The second-order valence-electron chi connectivity index (χ2n) is 6.52. The van der Waals surface area contributed by atoms with E-state index in [1.807, 2.05) is 36.4 Å². The van der Waals surface area contributed by atoms with Crippen molar-refractivity contribution in [2.45, 2.75) is 0 Å². The van der Waals surface area contributed by atoms with Crippen LogP contribution in [0.25, 0.3) is 20.7 Å². The van der Waals surface area contributed by atoms with Crippen molar-refractivity contribution in [3.8, 4) is 10.4 Å². The second-order valence-corrected chi connectivity index (χ2v) is 7.55. The summed E-state index contributed by atoms with van der Waals surface area (Å²) in [7, 11) is 1.66. The summed E-state index contributed by atoms with van der Waals surface area (Å²) in [6.07, 6.45) is 1.41. The summed E-state index contributed by atoms with van der Waals surface area (Å²) in [6.45, 7) is -0.179. The quantitative estimate of drug-likeness (QED) is 0.462. The molecule has 9 heteroatoms. The fourth-order valence-corrected chi connectivity index (χ4v) is 3.99. The van der Waals surface area contributed by atoms with Crippen LogP contribution in [0.1, 0.15) is 0 Å². The fourth-order valence-electron chi connectivity index (χ4n) is 2.99. The zero-order valence-corrected chi connectivity index (χ0v) is 16.5. The number of rotatable bonds is 5. The Kier molecular flexibility index (Phi) is 5.37. The number of likely N-dealkylation sites (N-methyl/N-ethyl adjacent to an activating group) is 1. The highest BCUT2D eigenvalue weighted by atomic mass is 32.1. The molecule has 1 amide bonds. The summed E-state index contributed by atoms with van der Waals surface area (Å²) in [5.41, 5.74) is 0.614. The van der Waals surface area contributed by atoms with Gasteiger partial charge in [-0.15, -0.1) is 11.3 Å². The first-order chi connectivity index (χ1) is 14.4. The van der Waals surface area contributed by atoms with Gasteiger partial charge in [-0.25, -0.2) is 23.1 Å². The molecule has 0 aliphatic heterocycles. The van der Waals surface area contributed by atoms with Crippen LogP contribution in [0.3, 0.4) is 0 Å². The van der Waals surface area contributed by atoms with Crippen LogP contribution in [0.2, 0.25) is 0 Å². The number of nitrogens with zero attached hydrogens (tertiary/aromatic N) is 3. The predicted molar refractivity (Wildman–Crippen MR) is 111 cm³/mol. The molecule has 0 aliphatic carbocycles. The van der Waals surface area contributed by atoms with Gasteiger partial charge in [0.15, 0.2) is 17.5 Å². The van der Waals surface area contributed by atoms with E-state index in [-0.39, 0.29) is 6.54 Å². The van der Waals surface area contributed by atoms with Gasteiger partial charge in [0.1, 0.15) is 17.0 Å². The summed E-state index contributed by atoms with van der Waals surface area (Å²) < 4.78 is 40.2. The lowest BCUT2D eigenvalue weighted by molar-refractivity contribution is -0.114. The average molecular weight is 428 g/mol. The van der Waals surface area contributed by atoms with E-state index in [0.29, 0.717) is 5.82 Å². The van der Waals surface area contributed by atoms with Gasteiger partial charge in [0.2, 0.25) is 5.91 Å². The van der Waals surface area contributed by atoms with Crippen molar-refractivity contribution in [3.63, 3.8) is 0 Å². The maximum absolute atomic E-state index is 13.8. The largest absolute Gasteiger partial charge is 0.350 e. The number of carbonyl (C=O) groups excluding carboxylic acids is 1. The third kappa shape index (κ3) is 3.84. The molecular weight excluding hydrogens is 413 g/mol. The van der Waals surface area contributed by atoms with Gasteiger partial charge in [0, 0.05) is 11.9 Å². The number of anilines is 2. The first-order valence-electron chi connectivity index (χ1n) is 8.88. The molecule has 0 atom stereocenters. The Labute approximate surface area is 173 Å². The Bertz CT molecular complexity index is 1230. The van der Waals surface area contributed by atoms with Crippen LogP contribution in [-0.4, -0.2) is 29.5 Å². The van der Waals surface area contributed by atoms with Gasteiger partial charge in [0.25, 0.3) is 0 Å². The molecule has 2 heterocycles. The molecule has 0 bridgehead atoms. The number of hydrogen-bond acceptors (Lipinski definition) is 5. The van der Waals surface area contributed by atoms with Gasteiger partial charge in [-0.2, -0.15) is 0 Å². The van der Waals surface area contributed by atoms with E-state index in [1.54, 1.807) is 11.9 Å². The number of nitrogens with one attached hydrogen (secondary N) is 1. The van der Waals surface area contributed by atoms with E-state index in [0.717, 1.165) is 32.8 Å². The van der Waals surface area contributed by atoms with Gasteiger partial charge in [-0.3, -0.25) is 4.79 Å². The molecule has 0 saturated heterocycles. The lowest BCUT2D eigenvalue weighted by Crippen LogP contribution is -2.31. The normalized spacial score (nSPS) is 10.9. The molecule has 0 unspecified atom stereocenters. The number of halogens is 3. The molecule has 152 valence electrons. The van der Waals surface area contributed by atoms with E-state index in [2.05, 4.69) is 15.3 Å². The van der Waals surface area contributed by atoms with Crippen molar-refractivity contribution in [3.05, 3.63) is 72.3 Å². The monoisotopic (exact) mass is 428 g/mol. The predicted octanol–water partition coefficient (Wildman–Crippen LogP) is 4.85. The summed E-state index contributed by atoms with van der Waals surface area (Å²) in [5, 5.41) is 3.03. The first kappa shape index (κ1) is 19.8. The first-order valence-corrected chi connectivity index (χ1v) is 9.70. The van der Waals surface area contributed by atoms with Crippen LogP contribution in [-0.2, 0) is 4.79 Å². The molecule has 30 heavy (non-hydrogen) atoms. The number of fused-ring (bicyclic) bond motifs is 1. The van der Waals surface area contributed by atoms with Crippen molar-refractivity contribution in [2.75, 3.05) is 23.8 Å². The van der Waals surface area contributed by atoms with Gasteiger partial charge in [0.05, 0.1) is 17.6 Å². The maximum atomic E-state index is 13.8. The molecule has 1 N–H and O–H groups in total. The minimum Gasteiger partial charge on any atom is -0.350 e. The van der Waals surface area contributed by atoms with Crippen LogP contribution in [0, 0.1) is 17.5 Å². The van der Waals surface area contributed by atoms with Crippen LogP contribution in [0.5, 0.6) is 0 Å². The minimum absolute atomic E-state index is 0.179. The van der Waals surface area contributed by atoms with Gasteiger partial charge < -0.3 is 10.2 Å². The Morgan fingerprint density at radius 3 is 2.60 bits per heavy atom. The van der Waals surface area contributed by atoms with E-state index >= 15 is 0 Å². The third-order valence-corrected chi connectivity index (χ3v) is 5.51. The molecule has 0 saturated carbocycles. The number of thiophene rings is 1. The summed E-state index contributed by atoms with van der Waals surface area (Å²) in [5.74, 6) is -4.48. The summed E-state index contributed by atoms with van der Waals surface area (Å²) in [6, 6.07) is 13.5. The Morgan fingerprint density at radius 2 is 1.83 bits per heavy atom. The molecule has 2 aromatic carbocycles. The SMILES string of the molecule is CN(CC(=O)Nc1ccc(F)c(F)c1F)c1ncnc2sc(-c3ccccc3)cc12. The highest BCUT2D eigenvalue weighted by molar-refractivity contribution is 7.21. The molecule has 2 aromatic heterocycles. The Balaban J connectivity index is 1.56. The van der Waals surface area contributed by atoms with Crippen LogP contribution in [0.15, 0.2) is 54.9 Å². The lowest BCUT2D eigenvalue weighted by Gasteiger charge is -2.18. The Morgan fingerprint density at radius 1 is 1.07 bits per heavy atom. The molecule has 5 nitrogen and oxygen atoms in total. The van der Waals surface area contributed by atoms with Crippen LogP contribution >= 0.6 is 11.3 Å². The zero-order valence-electron chi connectivity index (χ0n) is 15.7. The van der Waals surface area contributed by atoms with Gasteiger partial charge >= 0.3 is 0 Å². The summed E-state index contributed by atoms with van der Waals surface area (Å²) in [4.78, 5) is 24.3. The zero-order chi connectivity index (χ0) is 21.3. The van der Waals surface area contributed by atoms with E-state index in [9.17, 15) is 18.0 Å². The van der Waals surface area contributed by atoms with Crippen LogP contribution < -0.4 is 10.2 Å². The average Bonchev–Trinajstić information content (AvgIpc) is 3.19. The third-order valence-electron chi connectivity index (χ3n) is 4.42. The Hall–Kier alpha value is -3.46. The molecule has 0 aliphatic rings. The molecule has 0 spiro atoms. The van der Waals surface area contributed by atoms with Crippen molar-refractivity contribution in [1.82, 2.24) is 9.97 Å². The molecule has 4 rings (SSSR count). The number of hydrogen-bond donors (Lipinski definition) is 1. The second kappa shape index (κ2) is 8.11. The topological polar surface area (TPSA) is 58.1 Å². The molecule has 0 fully saturated rings. The number of benzene rings is 2. The number of aromatic nitrogens is 2. The van der Waals surface area contributed by atoms with Gasteiger partial charge in [-0.1, -0.05) is 30.3 Å². The van der Waals surface area contributed by atoms with E-state index in [1.165, 1.54) is 17.7 Å². The molecule has 0 radical (unpaired) electrons. The minimum atomic E-state index is -1.63. The van der Waals surface area contributed by atoms with Crippen molar-refractivity contribution in [1.29, 1.82) is 0 Å². The highest BCUT2D eigenvalue weighted by Crippen LogP contribution is 2.35. The van der Waals surface area contributed by atoms with Crippen molar-refractivity contribution in [2.24, 2.45) is 0 Å². The molecule has 4 aromatic rings. The van der Waals surface area contributed by atoms with Crippen molar-refractivity contribution < 1.29 is 18.0 Å². The number of carbonyl (C=O) groups is 1. The highest BCUT2D eigenvalue weighted by Gasteiger charge is 2.18. The van der Waals surface area contributed by atoms with E-state index < -0.39 is 29.0 Å². The number of amides is 1. The van der Waals surface area contributed by atoms with Crippen LogP contribution in [0.4, 0.5) is 24.7 Å². The van der Waals surface area contributed by atoms with Gasteiger partial charge in [-0.05, 0) is 23.8 Å². The maximum Gasteiger partial charge on any atom is 0.244 e. The van der Waals surface area contributed by atoms with E-state index in [4.69, 9.17) is 0 Å². The fraction of sp³-hybridized carbons (Fsp3) is 0.0952. The standard InChI is InChI=1S/C21H15F3N4OS/c1-28(10-17(29)27-15-8-7-14(22)18(23)19(15)24)20-13-9-16(12-5-3-2-4-6-12)30-21(13)26-11-25-20/h2-9,11H,10H2,1H3,(H,27,29). The smallest absolute Gasteiger partial charge is 0.244 e.